The van der Waals surface area contributed by atoms with Gasteiger partial charge in [0.25, 0.3) is 5.69 Å². The Morgan fingerprint density at radius 2 is 1.90 bits per heavy atom. The molecule has 2 N–H and O–H groups in total. The summed E-state index contributed by atoms with van der Waals surface area (Å²) in [5, 5.41) is 27.7. The third-order valence-electron chi connectivity index (χ3n) is 4.27. The fourth-order valence-corrected chi connectivity index (χ4v) is 3.38. The number of hydrogen-bond donors (Lipinski definition) is 2. The first kappa shape index (κ1) is 21.8. The minimum absolute atomic E-state index is 0.135. The van der Waals surface area contributed by atoms with E-state index in [4.69, 9.17) is 0 Å². The molecule has 0 fully saturated rings. The topological polar surface area (TPSA) is 162 Å². The van der Waals surface area contributed by atoms with Gasteiger partial charge in [0.15, 0.2) is 9.84 Å². The zero-order valence-corrected chi connectivity index (χ0v) is 17.2. The summed E-state index contributed by atoms with van der Waals surface area (Å²) in [4.78, 5) is 22.6. The number of carbonyl (C=O) groups excluding carboxylic acids is 1. The van der Waals surface area contributed by atoms with Crippen molar-refractivity contribution in [1.29, 1.82) is 0 Å². The Kier molecular flexibility index (Phi) is 6.55. The van der Waals surface area contributed by atoms with Crippen LogP contribution in [0.25, 0.3) is 5.69 Å². The van der Waals surface area contributed by atoms with Crippen LogP contribution < -0.4 is 10.6 Å². The van der Waals surface area contributed by atoms with Gasteiger partial charge in [-0.15, -0.1) is 5.10 Å². The number of anilines is 1. The lowest BCUT2D eigenvalue weighted by molar-refractivity contribution is -0.384. The highest BCUT2D eigenvalue weighted by molar-refractivity contribution is 7.90. The molecule has 3 rings (SSSR count). The van der Waals surface area contributed by atoms with E-state index in [2.05, 4.69) is 26.2 Å². The Bertz CT molecular complexity index is 1180. The maximum atomic E-state index is 12.1. The molecule has 0 radical (unpaired) electrons. The quantitative estimate of drug-likeness (QED) is 0.275. The first-order chi connectivity index (χ1) is 14.7. The molecule has 12 nitrogen and oxygen atoms in total. The number of benzene rings is 2. The van der Waals surface area contributed by atoms with Crippen LogP contribution >= 0.6 is 0 Å². The van der Waals surface area contributed by atoms with Crippen LogP contribution in [0.1, 0.15) is 5.56 Å². The molecule has 0 aliphatic heterocycles. The molecule has 0 atom stereocenters. The Hall–Kier alpha value is -3.87. The SMILES string of the molecule is CS(=O)(=O)c1ccc(NCCNC(=O)Cc2ccc(-n3cnnn3)cc2)c([N+](=O)[O-])c1. The zero-order valence-electron chi connectivity index (χ0n) is 16.4. The van der Waals surface area contributed by atoms with E-state index in [1.54, 1.807) is 24.3 Å². The largest absolute Gasteiger partial charge is 0.378 e. The molecule has 1 aromatic heterocycles. The number of nitro benzene ring substituents is 1. The second kappa shape index (κ2) is 9.30. The van der Waals surface area contributed by atoms with Gasteiger partial charge in [0.2, 0.25) is 5.91 Å². The average molecular weight is 445 g/mol. The van der Waals surface area contributed by atoms with Gasteiger partial charge < -0.3 is 10.6 Å². The van der Waals surface area contributed by atoms with E-state index >= 15 is 0 Å². The molecule has 0 unspecified atom stereocenters. The number of rotatable bonds is 9. The summed E-state index contributed by atoms with van der Waals surface area (Å²) < 4.78 is 24.7. The van der Waals surface area contributed by atoms with E-state index in [0.29, 0.717) is 0 Å². The van der Waals surface area contributed by atoms with Crippen LogP contribution in [-0.2, 0) is 21.1 Å². The third kappa shape index (κ3) is 5.82. The van der Waals surface area contributed by atoms with Crippen LogP contribution in [0.5, 0.6) is 0 Å². The number of amides is 1. The van der Waals surface area contributed by atoms with Crippen LogP contribution in [0.4, 0.5) is 11.4 Å². The maximum absolute atomic E-state index is 12.1. The molecule has 13 heteroatoms. The molecule has 0 aliphatic rings. The lowest BCUT2D eigenvalue weighted by Gasteiger charge is -2.10. The fourth-order valence-electron chi connectivity index (χ4n) is 2.74. The number of tetrazole rings is 1. The monoisotopic (exact) mass is 445 g/mol. The molecule has 0 aliphatic carbocycles. The average Bonchev–Trinajstić information content (AvgIpc) is 3.26. The van der Waals surface area contributed by atoms with Crippen molar-refractivity contribution in [3.63, 3.8) is 0 Å². The van der Waals surface area contributed by atoms with E-state index < -0.39 is 14.8 Å². The molecule has 0 saturated carbocycles. The fraction of sp³-hybridized carbons (Fsp3) is 0.222. The summed E-state index contributed by atoms with van der Waals surface area (Å²) in [6.45, 7) is 0.454. The normalized spacial score (nSPS) is 11.1. The molecule has 0 spiro atoms. The summed E-state index contributed by atoms with van der Waals surface area (Å²) in [6, 6.07) is 10.8. The Morgan fingerprint density at radius 3 is 2.52 bits per heavy atom. The Balaban J connectivity index is 1.50. The Morgan fingerprint density at radius 1 is 1.16 bits per heavy atom. The van der Waals surface area contributed by atoms with E-state index in [9.17, 15) is 23.3 Å². The summed E-state index contributed by atoms with van der Waals surface area (Å²) in [5.74, 6) is -0.209. The first-order valence-corrected chi connectivity index (χ1v) is 10.9. The number of nitro groups is 1. The molecular weight excluding hydrogens is 426 g/mol. The van der Waals surface area contributed by atoms with E-state index in [0.717, 1.165) is 23.6 Å². The van der Waals surface area contributed by atoms with Gasteiger partial charge in [0.1, 0.15) is 12.0 Å². The van der Waals surface area contributed by atoms with Gasteiger partial charge in [0, 0.05) is 25.4 Å². The molecule has 2 aromatic carbocycles. The van der Waals surface area contributed by atoms with E-state index in [1.165, 1.54) is 23.1 Å². The smallest absolute Gasteiger partial charge is 0.293 e. The second-order valence-electron chi connectivity index (χ2n) is 6.58. The lowest BCUT2D eigenvalue weighted by atomic mass is 10.1. The molecule has 31 heavy (non-hydrogen) atoms. The van der Waals surface area contributed by atoms with Crippen molar-refractivity contribution in [2.75, 3.05) is 24.7 Å². The maximum Gasteiger partial charge on any atom is 0.293 e. The highest BCUT2D eigenvalue weighted by atomic mass is 32.2. The van der Waals surface area contributed by atoms with Gasteiger partial charge in [-0.05, 0) is 40.3 Å². The number of aromatic nitrogens is 4. The Labute approximate surface area is 177 Å². The minimum Gasteiger partial charge on any atom is -0.378 e. The number of sulfone groups is 1. The van der Waals surface area contributed by atoms with Gasteiger partial charge in [-0.1, -0.05) is 12.1 Å². The van der Waals surface area contributed by atoms with E-state index in [1.807, 2.05) is 0 Å². The van der Waals surface area contributed by atoms with Crippen LogP contribution in [-0.4, -0.2) is 58.8 Å². The molecule has 0 saturated heterocycles. The molecule has 3 aromatic rings. The van der Waals surface area contributed by atoms with Crippen molar-refractivity contribution in [3.05, 3.63) is 64.5 Å². The molecule has 1 amide bonds. The van der Waals surface area contributed by atoms with Gasteiger partial charge >= 0.3 is 0 Å². The van der Waals surface area contributed by atoms with E-state index in [-0.39, 0.29) is 41.7 Å². The predicted octanol–water partition coefficient (Wildman–Crippen LogP) is 0.745. The highest BCUT2D eigenvalue weighted by Gasteiger charge is 2.18. The molecule has 1 heterocycles. The van der Waals surface area contributed by atoms with Gasteiger partial charge in [-0.3, -0.25) is 14.9 Å². The lowest BCUT2D eigenvalue weighted by Crippen LogP contribution is -2.30. The standard InChI is InChI=1S/C18H19N7O5S/c1-31(29,30)15-6-7-16(17(11-15)25(27)28)19-8-9-20-18(26)10-13-2-4-14(5-3-13)24-12-21-22-23-24/h2-7,11-12,19H,8-10H2,1H3,(H,20,26). The van der Waals surface area contributed by atoms with Gasteiger partial charge in [-0.25, -0.2) is 13.1 Å². The predicted molar refractivity (Wildman–Crippen MR) is 111 cm³/mol. The van der Waals surface area contributed by atoms with Crippen molar-refractivity contribution in [3.8, 4) is 5.69 Å². The van der Waals surface area contributed by atoms with Crippen molar-refractivity contribution >= 4 is 27.1 Å². The summed E-state index contributed by atoms with van der Waals surface area (Å²) in [7, 11) is -3.56. The highest BCUT2D eigenvalue weighted by Crippen LogP contribution is 2.27. The number of nitrogens with zero attached hydrogens (tertiary/aromatic N) is 5. The first-order valence-electron chi connectivity index (χ1n) is 9.05. The van der Waals surface area contributed by atoms with Crippen molar-refractivity contribution in [1.82, 2.24) is 25.5 Å². The van der Waals surface area contributed by atoms with Crippen LogP contribution in [0, 0.1) is 10.1 Å². The minimum atomic E-state index is -3.56. The van der Waals surface area contributed by atoms with Crippen molar-refractivity contribution in [2.24, 2.45) is 0 Å². The van der Waals surface area contributed by atoms with Gasteiger partial charge in [-0.2, -0.15) is 0 Å². The number of nitrogens with one attached hydrogen (secondary N) is 2. The molecule has 0 bridgehead atoms. The third-order valence-corrected chi connectivity index (χ3v) is 5.38. The van der Waals surface area contributed by atoms with Crippen LogP contribution in [0.3, 0.4) is 0 Å². The van der Waals surface area contributed by atoms with Crippen molar-refractivity contribution < 1.29 is 18.1 Å². The van der Waals surface area contributed by atoms with Crippen LogP contribution in [0.2, 0.25) is 0 Å². The summed E-state index contributed by atoms with van der Waals surface area (Å²) >= 11 is 0. The molecular formula is C18H19N7O5S. The van der Waals surface area contributed by atoms with Crippen LogP contribution in [0.15, 0.2) is 53.7 Å². The molecule has 162 valence electrons. The summed E-state index contributed by atoms with van der Waals surface area (Å²) in [5.41, 5.74) is 1.39. The van der Waals surface area contributed by atoms with Gasteiger partial charge in [0.05, 0.1) is 21.9 Å². The number of hydrogen-bond acceptors (Lipinski definition) is 9. The number of carbonyl (C=O) groups is 1. The summed E-state index contributed by atoms with van der Waals surface area (Å²) in [6.07, 6.45) is 2.61. The zero-order chi connectivity index (χ0) is 22.4. The second-order valence-corrected chi connectivity index (χ2v) is 8.60. The van der Waals surface area contributed by atoms with Crippen molar-refractivity contribution in [2.45, 2.75) is 11.3 Å².